The van der Waals surface area contributed by atoms with Crippen molar-refractivity contribution in [2.24, 2.45) is 11.8 Å². The molecule has 0 radical (unpaired) electrons. The lowest BCUT2D eigenvalue weighted by Crippen LogP contribution is -2.58. The van der Waals surface area contributed by atoms with E-state index in [9.17, 15) is 23.9 Å². The van der Waals surface area contributed by atoms with Crippen LogP contribution in [0.5, 0.6) is 0 Å². The Labute approximate surface area is 269 Å². The van der Waals surface area contributed by atoms with Gasteiger partial charge >= 0.3 is 0 Å². The van der Waals surface area contributed by atoms with Crippen molar-refractivity contribution in [2.75, 3.05) is 26.7 Å². The van der Waals surface area contributed by atoms with Crippen molar-refractivity contribution >= 4 is 17.7 Å². The van der Waals surface area contributed by atoms with Gasteiger partial charge in [0.25, 0.3) is 0 Å². The van der Waals surface area contributed by atoms with Gasteiger partial charge < -0.3 is 26.0 Å². The van der Waals surface area contributed by atoms with E-state index in [2.05, 4.69) is 28.6 Å². The van der Waals surface area contributed by atoms with Gasteiger partial charge in [-0.2, -0.15) is 0 Å². The van der Waals surface area contributed by atoms with Crippen molar-refractivity contribution in [2.45, 2.75) is 97.2 Å². The van der Waals surface area contributed by atoms with Gasteiger partial charge in [-0.1, -0.05) is 55.8 Å². The molecule has 2 aliphatic carbocycles. The minimum atomic E-state index is -1.07. The number of rotatable bonds is 17. The zero-order chi connectivity index (χ0) is 33.4. The third kappa shape index (κ3) is 12.9. The molecule has 0 bridgehead atoms. The monoisotopic (exact) mass is 626 g/mol. The molecule has 3 atom stereocenters. The van der Waals surface area contributed by atoms with Crippen LogP contribution >= 0.6 is 0 Å². The Morgan fingerprint density at radius 3 is 2.27 bits per heavy atom. The number of hydrogen-bond donors (Lipinski definition) is 4. The number of aryl methyl sites for hydroxylation is 1. The van der Waals surface area contributed by atoms with Crippen molar-refractivity contribution < 1.29 is 23.9 Å². The van der Waals surface area contributed by atoms with Gasteiger partial charge in [0.1, 0.15) is 11.9 Å². The van der Waals surface area contributed by atoms with Crippen molar-refractivity contribution in [3.8, 4) is 0 Å². The highest BCUT2D eigenvalue weighted by atomic mass is 19.1. The lowest BCUT2D eigenvalue weighted by atomic mass is 9.77. The maximum Gasteiger partial charge on any atom is 0.245 e. The van der Waals surface area contributed by atoms with Gasteiger partial charge in [-0.05, 0) is 107 Å². The molecule has 0 heterocycles. The predicted octanol–water partition coefficient (Wildman–Crippen LogP) is 4.98. The number of amides is 3. The summed E-state index contributed by atoms with van der Waals surface area (Å²) in [5.74, 6) is -0.346. The van der Waals surface area contributed by atoms with Gasteiger partial charge in [-0.3, -0.25) is 14.4 Å². The summed E-state index contributed by atoms with van der Waals surface area (Å²) in [4.78, 5) is 39.7. The fourth-order valence-electron chi connectivity index (χ4n) is 5.44. The molecule has 1 aromatic rings. The van der Waals surface area contributed by atoms with Crippen LogP contribution in [0.2, 0.25) is 0 Å². The molecule has 45 heavy (non-hydrogen) atoms. The smallest absolute Gasteiger partial charge is 0.245 e. The number of hydrogen-bond acceptors (Lipinski definition) is 5. The lowest BCUT2D eigenvalue weighted by molar-refractivity contribution is -0.144. The molecule has 4 N–H and O–H groups in total. The summed E-state index contributed by atoms with van der Waals surface area (Å²) in [5.41, 5.74) is 3.68. The van der Waals surface area contributed by atoms with Crippen LogP contribution in [0, 0.1) is 24.6 Å². The first-order chi connectivity index (χ1) is 21.5. The fourth-order valence-corrected chi connectivity index (χ4v) is 5.44. The summed E-state index contributed by atoms with van der Waals surface area (Å²) in [6.07, 6.45) is 13.3. The molecule has 1 aromatic carbocycles. The summed E-state index contributed by atoms with van der Waals surface area (Å²) in [6.45, 7) is 12.5. The largest absolute Gasteiger partial charge is 0.391 e. The number of nitrogens with zero attached hydrogens (tertiary/aromatic N) is 1. The van der Waals surface area contributed by atoms with Crippen LogP contribution in [0.3, 0.4) is 0 Å². The minimum Gasteiger partial charge on any atom is -0.391 e. The molecule has 0 spiro atoms. The Morgan fingerprint density at radius 1 is 1.11 bits per heavy atom. The normalized spacial score (nSPS) is 17.1. The third-order valence-corrected chi connectivity index (χ3v) is 8.35. The SMILES string of the molecule is C=C/C(=C(\C=C/C)CCCNC(=O)CNC(=O)C(C(C)O)N(C)C(=O)C(NCCC)C1CC1)C1CCC1.Cc1ccc(F)cc1. The van der Waals surface area contributed by atoms with Crippen LogP contribution < -0.4 is 16.0 Å². The van der Waals surface area contributed by atoms with E-state index >= 15 is 0 Å². The van der Waals surface area contributed by atoms with E-state index in [1.54, 1.807) is 19.2 Å². The van der Waals surface area contributed by atoms with E-state index in [4.69, 9.17) is 0 Å². The number of nitrogens with one attached hydrogen (secondary N) is 3. The molecule has 3 amide bonds. The van der Waals surface area contributed by atoms with Crippen molar-refractivity contribution in [1.82, 2.24) is 20.9 Å². The summed E-state index contributed by atoms with van der Waals surface area (Å²) in [7, 11) is 1.54. The number of halogens is 1. The Bertz CT molecular complexity index is 1140. The van der Waals surface area contributed by atoms with Gasteiger partial charge in [-0.15, -0.1) is 0 Å². The molecule has 3 unspecified atom stereocenters. The van der Waals surface area contributed by atoms with Crippen LogP contribution in [-0.2, 0) is 14.4 Å². The summed E-state index contributed by atoms with van der Waals surface area (Å²) >= 11 is 0. The Morgan fingerprint density at radius 2 is 1.78 bits per heavy atom. The Balaban J connectivity index is 0.000000761. The zero-order valence-corrected chi connectivity index (χ0v) is 27.9. The number of carbonyl (C=O) groups is 3. The van der Waals surface area contributed by atoms with E-state index in [0.717, 1.165) is 37.7 Å². The quantitative estimate of drug-likeness (QED) is 0.144. The molecule has 2 fully saturated rings. The number of carbonyl (C=O) groups excluding carboxylic acids is 3. The highest BCUT2D eigenvalue weighted by Gasteiger charge is 2.41. The number of benzene rings is 1. The van der Waals surface area contributed by atoms with Crippen LogP contribution in [0.1, 0.15) is 77.7 Å². The average molecular weight is 627 g/mol. The van der Waals surface area contributed by atoms with E-state index in [1.165, 1.54) is 54.4 Å². The van der Waals surface area contributed by atoms with Gasteiger partial charge in [0, 0.05) is 13.6 Å². The summed E-state index contributed by atoms with van der Waals surface area (Å²) in [5, 5.41) is 19.0. The lowest BCUT2D eigenvalue weighted by Gasteiger charge is -2.32. The molecular weight excluding hydrogens is 571 g/mol. The predicted molar refractivity (Wildman–Crippen MR) is 179 cm³/mol. The fraction of sp³-hybridized carbons (Fsp3) is 0.583. The van der Waals surface area contributed by atoms with Crippen molar-refractivity contribution in [3.63, 3.8) is 0 Å². The van der Waals surface area contributed by atoms with E-state index < -0.39 is 18.1 Å². The standard InChI is InChI=1S/C29H48N4O4.C7H7F/c1-6-11-21(24(8-3)22-12-9-13-22)14-10-18-30-25(35)19-32-28(36)27(20(4)34)33(5)29(37)26(23-15-16-23)31-17-7-2;1-6-2-4-7(8)5-3-6/h6,8,11,20,22-23,26-27,31,34H,3,7,9-10,12-19H2,1-2,4-5H3,(H,30,35)(H,32,36);2-5H,1H3/b11-6-,24-21-;. The molecule has 2 aliphatic rings. The van der Waals surface area contributed by atoms with Gasteiger partial charge in [0.05, 0.1) is 18.7 Å². The van der Waals surface area contributed by atoms with Crippen molar-refractivity contribution in [1.29, 1.82) is 0 Å². The molecule has 0 saturated heterocycles. The highest BCUT2D eigenvalue weighted by molar-refractivity contribution is 5.92. The molecule has 0 aliphatic heterocycles. The second-order valence-corrected chi connectivity index (χ2v) is 12.2. The third-order valence-electron chi connectivity index (χ3n) is 8.35. The second kappa shape index (κ2) is 20.0. The van der Waals surface area contributed by atoms with E-state index in [-0.39, 0.29) is 36.1 Å². The molecule has 3 rings (SSSR count). The first-order valence-electron chi connectivity index (χ1n) is 16.5. The maximum atomic E-state index is 13.1. The molecule has 250 valence electrons. The molecule has 0 aromatic heterocycles. The topological polar surface area (TPSA) is 111 Å². The number of likely N-dealkylation sites (N-methyl/N-ethyl adjacent to an activating group) is 1. The Kier molecular flexibility index (Phi) is 16.8. The van der Waals surface area contributed by atoms with Crippen LogP contribution in [0.15, 0.2) is 60.2 Å². The average Bonchev–Trinajstić information content (AvgIpc) is 3.82. The van der Waals surface area contributed by atoms with Crippen LogP contribution in [0.4, 0.5) is 4.39 Å². The Hall–Kier alpha value is -3.30. The zero-order valence-electron chi connectivity index (χ0n) is 27.9. The van der Waals surface area contributed by atoms with Gasteiger partial charge in [0.15, 0.2) is 0 Å². The number of allylic oxidation sites excluding steroid dienone is 5. The van der Waals surface area contributed by atoms with Crippen molar-refractivity contribution in [3.05, 3.63) is 71.6 Å². The first-order valence-corrected chi connectivity index (χ1v) is 16.5. The van der Waals surface area contributed by atoms with Crippen LogP contribution in [-0.4, -0.2) is 72.6 Å². The number of aliphatic hydroxyl groups is 1. The number of aliphatic hydroxyl groups excluding tert-OH is 1. The minimum absolute atomic E-state index is 0.171. The van der Waals surface area contributed by atoms with E-state index in [0.29, 0.717) is 19.0 Å². The van der Waals surface area contributed by atoms with Gasteiger partial charge in [0.2, 0.25) is 17.7 Å². The van der Waals surface area contributed by atoms with Crippen LogP contribution in [0.25, 0.3) is 0 Å². The molecule has 2 saturated carbocycles. The molecular formula is C36H55FN4O4. The van der Waals surface area contributed by atoms with Gasteiger partial charge in [-0.25, -0.2) is 4.39 Å². The summed E-state index contributed by atoms with van der Waals surface area (Å²) < 4.78 is 12.1. The highest BCUT2D eigenvalue weighted by Crippen LogP contribution is 2.36. The molecule has 8 nitrogen and oxygen atoms in total. The summed E-state index contributed by atoms with van der Waals surface area (Å²) in [6, 6.07) is 4.98. The van der Waals surface area contributed by atoms with E-state index in [1.807, 2.05) is 32.9 Å². The maximum absolute atomic E-state index is 13.1. The first kappa shape index (κ1) is 37.9. The molecule has 9 heteroatoms. The second-order valence-electron chi connectivity index (χ2n) is 12.2.